The van der Waals surface area contributed by atoms with Gasteiger partial charge in [0.1, 0.15) is 11.2 Å². The lowest BCUT2D eigenvalue weighted by Crippen LogP contribution is -2.60. The SMILES string of the molecule is CC(C)(C)c1ccc2ccccc2c1N1c2cccc3c2B(c2oc4ccccc4c2N3c2c(C(C)(C)C)ccc3ccccc23)c2c1oc1ccccc21. The highest BCUT2D eigenvalue weighted by Gasteiger charge is 2.50. The fraction of sp³-hybridized carbons (Fsp3) is 0.160. The van der Waals surface area contributed by atoms with E-state index in [1.165, 1.54) is 43.8 Å². The molecule has 9 aromatic rings. The van der Waals surface area contributed by atoms with Gasteiger partial charge in [0.15, 0.2) is 0 Å². The topological polar surface area (TPSA) is 32.8 Å². The number of fused-ring (bicyclic) bond motifs is 10. The van der Waals surface area contributed by atoms with Crippen molar-refractivity contribution in [3.63, 3.8) is 0 Å². The Morgan fingerprint density at radius 1 is 0.418 bits per heavy atom. The van der Waals surface area contributed by atoms with E-state index in [4.69, 9.17) is 8.83 Å². The van der Waals surface area contributed by atoms with Crippen LogP contribution in [0.5, 0.6) is 0 Å². The highest BCUT2D eigenvalue weighted by Crippen LogP contribution is 2.53. The molecule has 0 unspecified atom stereocenters. The van der Waals surface area contributed by atoms with E-state index < -0.39 is 0 Å². The molecular weight excluding hydrogens is 671 g/mol. The first-order valence-corrected chi connectivity index (χ1v) is 19.4. The molecule has 2 aliphatic rings. The molecule has 0 bridgehead atoms. The summed E-state index contributed by atoms with van der Waals surface area (Å²) in [6.45, 7) is 13.7. The molecule has 0 saturated carbocycles. The van der Waals surface area contributed by atoms with Gasteiger partial charge >= 0.3 is 6.71 Å². The summed E-state index contributed by atoms with van der Waals surface area (Å²) >= 11 is 0. The van der Waals surface area contributed by atoms with Gasteiger partial charge in [-0.15, -0.1) is 0 Å². The number of benzene rings is 7. The Hall–Kier alpha value is -6.20. The first-order valence-electron chi connectivity index (χ1n) is 19.4. The van der Waals surface area contributed by atoms with Crippen molar-refractivity contribution in [2.24, 2.45) is 0 Å². The maximum absolute atomic E-state index is 7.19. The van der Waals surface area contributed by atoms with Gasteiger partial charge in [-0.2, -0.15) is 0 Å². The fourth-order valence-corrected chi connectivity index (χ4v) is 9.49. The number of para-hydroxylation sites is 2. The Morgan fingerprint density at radius 3 is 1.51 bits per heavy atom. The highest BCUT2D eigenvalue weighted by molar-refractivity contribution is 7.01. The zero-order chi connectivity index (χ0) is 37.4. The van der Waals surface area contributed by atoms with Crippen LogP contribution in [0.15, 0.2) is 148 Å². The maximum atomic E-state index is 7.19. The van der Waals surface area contributed by atoms with Crippen LogP contribution in [0.1, 0.15) is 52.7 Å². The van der Waals surface area contributed by atoms with Crippen molar-refractivity contribution in [2.75, 3.05) is 9.80 Å². The first-order chi connectivity index (χ1) is 26.6. The number of anilines is 6. The van der Waals surface area contributed by atoms with Crippen LogP contribution in [-0.2, 0) is 10.8 Å². The number of nitrogens with zero attached hydrogens (tertiary/aromatic N) is 2. The van der Waals surface area contributed by atoms with E-state index in [9.17, 15) is 0 Å². The molecule has 55 heavy (non-hydrogen) atoms. The third-order valence-corrected chi connectivity index (χ3v) is 11.9. The third kappa shape index (κ3) is 4.47. The van der Waals surface area contributed by atoms with E-state index in [1.54, 1.807) is 0 Å². The van der Waals surface area contributed by atoms with Gasteiger partial charge in [-0.05, 0) is 68.5 Å². The second kappa shape index (κ2) is 11.2. The highest BCUT2D eigenvalue weighted by atomic mass is 16.4. The molecule has 266 valence electrons. The van der Waals surface area contributed by atoms with Crippen LogP contribution in [0.2, 0.25) is 0 Å². The predicted molar refractivity (Wildman–Crippen MR) is 232 cm³/mol. The Kier molecular flexibility index (Phi) is 6.55. The van der Waals surface area contributed by atoms with Crippen LogP contribution in [-0.4, -0.2) is 6.71 Å². The van der Waals surface area contributed by atoms with Gasteiger partial charge in [0.05, 0.1) is 22.7 Å². The summed E-state index contributed by atoms with van der Waals surface area (Å²) in [7, 11) is 0. The van der Waals surface area contributed by atoms with Gasteiger partial charge < -0.3 is 13.7 Å². The van der Waals surface area contributed by atoms with Crippen molar-refractivity contribution in [1.29, 1.82) is 0 Å². The number of furan rings is 2. The molecule has 0 N–H and O–H groups in total. The standard InChI is InChI=1S/C50H41BN2O2/c1-49(2,3)36-28-26-30-16-7-9-18-32(30)44(36)52-38-22-15-23-39-43(38)51(47-46(52)35-21-12-14-25-41(35)54-47)42-34-20-11-13-24-40(34)55-48(42)53(39)45-33-19-10-8-17-31(33)27-29-37(45)50(4,5)6/h7-29H,1-6H3. The molecule has 2 aliphatic heterocycles. The van der Waals surface area contributed by atoms with E-state index in [-0.39, 0.29) is 17.5 Å². The third-order valence-electron chi connectivity index (χ3n) is 11.9. The molecule has 0 fully saturated rings. The van der Waals surface area contributed by atoms with E-state index in [0.29, 0.717) is 0 Å². The Balaban J connectivity index is 1.34. The summed E-state index contributed by atoms with van der Waals surface area (Å²) in [5.74, 6) is 0.845. The lowest BCUT2D eigenvalue weighted by molar-refractivity contribution is 0.587. The molecule has 7 aromatic carbocycles. The van der Waals surface area contributed by atoms with Crippen LogP contribution >= 0.6 is 0 Å². The summed E-state index contributed by atoms with van der Waals surface area (Å²) in [4.78, 5) is 4.98. The van der Waals surface area contributed by atoms with Crippen LogP contribution in [0.3, 0.4) is 0 Å². The molecule has 0 amide bonds. The van der Waals surface area contributed by atoms with Gasteiger partial charge in [0.25, 0.3) is 0 Å². The minimum atomic E-state index is -0.208. The summed E-state index contributed by atoms with van der Waals surface area (Å²) in [6, 6.07) is 50.7. The molecule has 0 saturated heterocycles. The van der Waals surface area contributed by atoms with Crippen LogP contribution in [0.4, 0.5) is 34.3 Å². The Labute approximate surface area is 321 Å². The summed E-state index contributed by atoms with van der Waals surface area (Å²) < 4.78 is 14.3. The predicted octanol–water partition coefficient (Wildman–Crippen LogP) is 12.2. The van der Waals surface area contributed by atoms with Crippen LogP contribution in [0, 0.1) is 0 Å². The lowest BCUT2D eigenvalue weighted by Gasteiger charge is -2.43. The van der Waals surface area contributed by atoms with Gasteiger partial charge in [-0.3, -0.25) is 4.90 Å². The smallest absolute Gasteiger partial charge is 0.302 e. The van der Waals surface area contributed by atoms with Crippen LogP contribution < -0.4 is 26.4 Å². The monoisotopic (exact) mass is 712 g/mol. The summed E-state index contributed by atoms with van der Waals surface area (Å²) in [6.07, 6.45) is 0. The minimum absolute atomic E-state index is 0.144. The normalized spacial score (nSPS) is 13.9. The lowest BCUT2D eigenvalue weighted by atomic mass is 9.35. The Bertz CT molecular complexity index is 3050. The van der Waals surface area contributed by atoms with Crippen molar-refractivity contribution in [2.45, 2.75) is 52.4 Å². The largest absolute Gasteiger partial charge is 0.468 e. The van der Waals surface area contributed by atoms with Gasteiger partial charge in [0.2, 0.25) is 5.88 Å². The molecule has 0 atom stereocenters. The average molecular weight is 713 g/mol. The Morgan fingerprint density at radius 2 is 0.909 bits per heavy atom. The van der Waals surface area contributed by atoms with Crippen molar-refractivity contribution < 1.29 is 8.83 Å². The van der Waals surface area contributed by atoms with E-state index >= 15 is 0 Å². The molecule has 2 aromatic heterocycles. The van der Waals surface area contributed by atoms with Crippen molar-refractivity contribution >= 4 is 101 Å². The summed E-state index contributed by atoms with van der Waals surface area (Å²) in [5.41, 5.74) is 13.0. The van der Waals surface area contributed by atoms with Crippen molar-refractivity contribution in [3.05, 3.63) is 151 Å². The number of rotatable bonds is 2. The fourth-order valence-electron chi connectivity index (χ4n) is 9.49. The quantitative estimate of drug-likeness (QED) is 0.167. The molecule has 0 aliphatic carbocycles. The molecule has 4 nitrogen and oxygen atoms in total. The van der Waals surface area contributed by atoms with Gasteiger partial charge in [0, 0.05) is 38.4 Å². The van der Waals surface area contributed by atoms with Gasteiger partial charge in [-0.25, -0.2) is 0 Å². The molecule has 0 spiro atoms. The zero-order valence-electron chi connectivity index (χ0n) is 32.1. The molecular formula is C50H41BN2O2. The summed E-state index contributed by atoms with van der Waals surface area (Å²) in [5, 5.41) is 7.02. The molecule has 5 heteroatoms. The van der Waals surface area contributed by atoms with Crippen molar-refractivity contribution in [1.82, 2.24) is 0 Å². The van der Waals surface area contributed by atoms with Crippen LogP contribution in [0.25, 0.3) is 43.5 Å². The number of hydrogen-bond acceptors (Lipinski definition) is 4. The zero-order valence-corrected chi connectivity index (χ0v) is 32.1. The minimum Gasteiger partial charge on any atom is -0.468 e. The van der Waals surface area contributed by atoms with E-state index in [2.05, 4.69) is 191 Å². The molecule has 11 rings (SSSR count). The molecule has 0 radical (unpaired) electrons. The first kappa shape index (κ1) is 32.3. The van der Waals surface area contributed by atoms with E-state index in [1.807, 2.05) is 0 Å². The second-order valence-electron chi connectivity index (χ2n) is 17.3. The maximum Gasteiger partial charge on any atom is 0.302 e. The van der Waals surface area contributed by atoms with Gasteiger partial charge in [-0.1, -0.05) is 151 Å². The number of hydrogen-bond donors (Lipinski definition) is 0. The molecule has 4 heterocycles. The average Bonchev–Trinajstić information content (AvgIpc) is 3.76. The van der Waals surface area contributed by atoms with Crippen molar-refractivity contribution in [3.8, 4) is 0 Å². The second-order valence-corrected chi connectivity index (χ2v) is 17.3. The van der Waals surface area contributed by atoms with E-state index in [0.717, 1.165) is 61.7 Å².